The number of unbranched alkanes of at least 4 members (excludes halogenated alkanes) is 10. The lowest BCUT2D eigenvalue weighted by Gasteiger charge is -2.18. The van der Waals surface area contributed by atoms with Crippen LogP contribution in [0.2, 0.25) is 0 Å². The van der Waals surface area contributed by atoms with E-state index in [-0.39, 0.29) is 26.1 Å². The van der Waals surface area contributed by atoms with Crippen LogP contribution in [0.3, 0.4) is 0 Å². The van der Waals surface area contributed by atoms with E-state index in [1.54, 1.807) is 0 Å². The number of rotatable bonds is 37. The molecule has 0 radical (unpaired) electrons. The Morgan fingerprint density at radius 2 is 0.909 bits per heavy atom. The minimum Gasteiger partial charge on any atom is -0.462 e. The minimum atomic E-state index is -4.79. The van der Waals surface area contributed by atoms with Gasteiger partial charge >= 0.3 is 19.8 Å². The molecule has 0 heterocycles. The first-order chi connectivity index (χ1) is 26.8. The lowest BCUT2D eigenvalue weighted by molar-refractivity contribution is -0.161. The molecule has 0 aromatic rings. The molecular formula is C45H73O9P. The van der Waals surface area contributed by atoms with Crippen LogP contribution < -0.4 is 0 Å². The van der Waals surface area contributed by atoms with Gasteiger partial charge in [0.25, 0.3) is 0 Å². The molecule has 312 valence electrons. The van der Waals surface area contributed by atoms with Crippen LogP contribution in [-0.4, -0.2) is 52.8 Å². The molecule has 10 heteroatoms. The molecular weight excluding hydrogens is 715 g/mol. The van der Waals surface area contributed by atoms with Crippen LogP contribution in [0.5, 0.6) is 0 Å². The minimum absolute atomic E-state index is 0.113. The average Bonchev–Trinajstić information content (AvgIpc) is 3.16. The summed E-state index contributed by atoms with van der Waals surface area (Å²) < 4.78 is 26.3. The lowest BCUT2D eigenvalue weighted by atomic mass is 10.1. The maximum Gasteiger partial charge on any atom is 0.469 e. The molecule has 0 aromatic heterocycles. The van der Waals surface area contributed by atoms with Gasteiger partial charge in [-0.05, 0) is 103 Å². The zero-order valence-corrected chi connectivity index (χ0v) is 34.6. The Hall–Kier alpha value is -3.07. The summed E-state index contributed by atoms with van der Waals surface area (Å²) in [5, 5.41) is 8.77. The van der Waals surface area contributed by atoms with E-state index in [1.165, 1.54) is 25.7 Å². The zero-order chi connectivity index (χ0) is 40.3. The van der Waals surface area contributed by atoms with E-state index in [1.807, 2.05) is 12.2 Å². The molecule has 0 rings (SSSR count). The Bertz CT molecular complexity index is 1210. The van der Waals surface area contributed by atoms with Gasteiger partial charge in [0.2, 0.25) is 0 Å². The molecule has 0 aromatic carbocycles. The number of phosphoric acid groups is 1. The number of carbonyl (C=O) groups is 2. The number of aliphatic hydroxyl groups excluding tert-OH is 1. The van der Waals surface area contributed by atoms with Gasteiger partial charge in [0.1, 0.15) is 6.61 Å². The van der Waals surface area contributed by atoms with Gasteiger partial charge in [0.15, 0.2) is 6.10 Å². The quantitative estimate of drug-likeness (QED) is 0.0243. The van der Waals surface area contributed by atoms with Crippen LogP contribution in [0, 0.1) is 0 Å². The Kier molecular flexibility index (Phi) is 38.3. The highest BCUT2D eigenvalue weighted by molar-refractivity contribution is 7.46. The van der Waals surface area contributed by atoms with Crippen LogP contribution in [0.15, 0.2) is 97.2 Å². The van der Waals surface area contributed by atoms with E-state index in [9.17, 15) is 14.2 Å². The van der Waals surface area contributed by atoms with Crippen molar-refractivity contribution >= 4 is 19.8 Å². The van der Waals surface area contributed by atoms with Crippen LogP contribution in [0.1, 0.15) is 148 Å². The van der Waals surface area contributed by atoms with Crippen molar-refractivity contribution < 1.29 is 43.0 Å². The predicted molar refractivity (Wildman–Crippen MR) is 226 cm³/mol. The summed E-state index contributed by atoms with van der Waals surface area (Å²) >= 11 is 0. The molecule has 9 nitrogen and oxygen atoms in total. The number of hydrogen-bond acceptors (Lipinski definition) is 7. The predicted octanol–water partition coefficient (Wildman–Crippen LogP) is 11.6. The monoisotopic (exact) mass is 788 g/mol. The standard InChI is InChI=1S/C45H73O9P/c1-2-3-4-5-6-7-8-9-10-11-12-14-17-20-23-26-29-32-35-38-44(47)52-41-43(42-53-55(49,50)51)54-45(48)39-36-33-30-27-24-21-18-15-13-16-19-22-25-28-31-34-37-40-46/h6-7,9-10,12-14,16,18,20-23,25,27,30,43,46H,2-5,8,11,15,17,19,24,26,28-29,31-42H2,1H3,(H2,49,50,51)/b7-6-,10-9-,14-12-,16-13-,21-18-,23-20-,25-22-,30-27-/t43-/m1/s1. The van der Waals surface area contributed by atoms with Gasteiger partial charge < -0.3 is 24.4 Å². The maximum atomic E-state index is 12.4. The van der Waals surface area contributed by atoms with Gasteiger partial charge in [-0.15, -0.1) is 0 Å². The van der Waals surface area contributed by atoms with E-state index in [0.717, 1.165) is 83.5 Å². The summed E-state index contributed by atoms with van der Waals surface area (Å²) in [6, 6.07) is 0. The molecule has 1 atom stereocenters. The van der Waals surface area contributed by atoms with Crippen LogP contribution in [0.25, 0.3) is 0 Å². The highest BCUT2D eigenvalue weighted by Gasteiger charge is 2.22. The molecule has 0 amide bonds. The molecule has 0 saturated heterocycles. The Morgan fingerprint density at radius 1 is 0.509 bits per heavy atom. The molecule has 0 bridgehead atoms. The van der Waals surface area contributed by atoms with Gasteiger partial charge in [-0.2, -0.15) is 0 Å². The Morgan fingerprint density at radius 3 is 1.35 bits per heavy atom. The van der Waals surface area contributed by atoms with E-state index >= 15 is 0 Å². The van der Waals surface area contributed by atoms with E-state index < -0.39 is 32.5 Å². The summed E-state index contributed by atoms with van der Waals surface area (Å²) in [5.74, 6) is -1.01. The zero-order valence-electron chi connectivity index (χ0n) is 33.7. The number of allylic oxidation sites excluding steroid dienone is 16. The van der Waals surface area contributed by atoms with E-state index in [0.29, 0.717) is 19.3 Å². The fourth-order valence-electron chi connectivity index (χ4n) is 5.03. The van der Waals surface area contributed by atoms with Crippen molar-refractivity contribution in [1.82, 2.24) is 0 Å². The lowest BCUT2D eigenvalue weighted by Crippen LogP contribution is -2.29. The van der Waals surface area contributed by atoms with Crippen molar-refractivity contribution in [2.75, 3.05) is 19.8 Å². The number of carbonyl (C=O) groups excluding carboxylic acids is 2. The van der Waals surface area contributed by atoms with Crippen LogP contribution in [-0.2, 0) is 28.2 Å². The van der Waals surface area contributed by atoms with Crippen molar-refractivity contribution in [3.8, 4) is 0 Å². The molecule has 0 aliphatic rings. The van der Waals surface area contributed by atoms with Crippen molar-refractivity contribution in [3.05, 3.63) is 97.2 Å². The van der Waals surface area contributed by atoms with Gasteiger partial charge in [0.05, 0.1) is 6.61 Å². The van der Waals surface area contributed by atoms with Crippen molar-refractivity contribution in [2.45, 2.75) is 154 Å². The summed E-state index contributed by atoms with van der Waals surface area (Å²) in [5.41, 5.74) is 0. The molecule has 0 aliphatic heterocycles. The highest BCUT2D eigenvalue weighted by Crippen LogP contribution is 2.36. The Balaban J connectivity index is 4.12. The second-order valence-electron chi connectivity index (χ2n) is 13.3. The molecule has 55 heavy (non-hydrogen) atoms. The summed E-state index contributed by atoms with van der Waals surface area (Å²) in [4.78, 5) is 42.8. The molecule has 0 aliphatic carbocycles. The molecule has 0 spiro atoms. The van der Waals surface area contributed by atoms with Gasteiger partial charge in [-0.3, -0.25) is 14.1 Å². The fraction of sp³-hybridized carbons (Fsp3) is 0.600. The van der Waals surface area contributed by atoms with Crippen LogP contribution >= 0.6 is 7.82 Å². The van der Waals surface area contributed by atoms with Crippen LogP contribution in [0.4, 0.5) is 0 Å². The third-order valence-corrected chi connectivity index (χ3v) is 8.62. The summed E-state index contributed by atoms with van der Waals surface area (Å²) in [7, 11) is -4.79. The third-order valence-electron chi connectivity index (χ3n) is 8.13. The molecule has 0 fully saturated rings. The molecule has 3 N–H and O–H groups in total. The van der Waals surface area contributed by atoms with E-state index in [4.69, 9.17) is 24.4 Å². The van der Waals surface area contributed by atoms with Crippen molar-refractivity contribution in [3.63, 3.8) is 0 Å². The SMILES string of the molecule is CCCCC/C=C\C/C=C\C/C=C\C/C=C\CCCCCC(=O)OC[C@H](COP(=O)(O)O)OC(=O)CCC/C=C\C/C=C\C/C=C\C/C=C\CCCCCO. The first-order valence-electron chi connectivity index (χ1n) is 20.6. The van der Waals surface area contributed by atoms with Gasteiger partial charge in [-0.1, -0.05) is 130 Å². The summed E-state index contributed by atoms with van der Waals surface area (Å²) in [6.07, 6.45) is 52.8. The number of aliphatic hydroxyl groups is 1. The van der Waals surface area contributed by atoms with E-state index in [2.05, 4.69) is 96.5 Å². The number of ether oxygens (including phenoxy) is 2. The largest absolute Gasteiger partial charge is 0.469 e. The Labute approximate surface area is 333 Å². The van der Waals surface area contributed by atoms with Crippen molar-refractivity contribution in [1.29, 1.82) is 0 Å². The molecule has 0 unspecified atom stereocenters. The number of phosphoric ester groups is 1. The van der Waals surface area contributed by atoms with Gasteiger partial charge in [-0.25, -0.2) is 4.57 Å². The fourth-order valence-corrected chi connectivity index (χ4v) is 5.39. The normalized spacial score (nSPS) is 13.5. The highest BCUT2D eigenvalue weighted by atomic mass is 31.2. The average molecular weight is 789 g/mol. The maximum absolute atomic E-state index is 12.4. The molecule has 0 saturated carbocycles. The second kappa shape index (κ2) is 40.6. The summed E-state index contributed by atoms with van der Waals surface area (Å²) in [6.45, 7) is 1.58. The second-order valence-corrected chi connectivity index (χ2v) is 14.6. The number of esters is 2. The van der Waals surface area contributed by atoms with Gasteiger partial charge in [0, 0.05) is 19.4 Å². The smallest absolute Gasteiger partial charge is 0.462 e. The number of hydrogen-bond donors (Lipinski definition) is 3. The van der Waals surface area contributed by atoms with Crippen molar-refractivity contribution in [2.24, 2.45) is 0 Å². The first-order valence-corrected chi connectivity index (χ1v) is 22.2. The first kappa shape index (κ1) is 51.9. The topological polar surface area (TPSA) is 140 Å². The third kappa shape index (κ3) is 43.5.